The van der Waals surface area contributed by atoms with E-state index in [0.29, 0.717) is 6.54 Å². The van der Waals surface area contributed by atoms with Crippen molar-refractivity contribution in [3.05, 3.63) is 84.2 Å². The van der Waals surface area contributed by atoms with E-state index in [-0.39, 0.29) is 12.1 Å². The maximum Gasteiger partial charge on any atom is 0.322 e. The van der Waals surface area contributed by atoms with Crippen molar-refractivity contribution >= 4 is 11.7 Å². The zero-order valence-electron chi connectivity index (χ0n) is 14.2. The van der Waals surface area contributed by atoms with Crippen LogP contribution in [0.2, 0.25) is 0 Å². The molecule has 2 amide bonds. The van der Waals surface area contributed by atoms with Crippen molar-refractivity contribution in [3.8, 4) is 5.69 Å². The molecule has 2 aromatic carbocycles. The smallest absolute Gasteiger partial charge is 0.318 e. The number of nitrogens with one attached hydrogen (secondary N) is 1. The lowest BCUT2D eigenvalue weighted by Gasteiger charge is -2.29. The standard InChI is InChI=1S/C21H21N3O/c1-2-18-20-13-8-14-23(20)19-12-7-6-9-16(19)15-24(18)21(25)22-17-10-4-3-5-11-17/h3-14,18H,2,15H2,1H3,(H,22,25)/t18-/m1/s1. The van der Waals surface area contributed by atoms with Gasteiger partial charge in [-0.1, -0.05) is 43.3 Å². The maximum atomic E-state index is 13.0. The van der Waals surface area contributed by atoms with Crippen molar-refractivity contribution < 1.29 is 4.79 Å². The normalized spacial score (nSPS) is 15.9. The highest BCUT2D eigenvalue weighted by Gasteiger charge is 2.30. The first-order valence-electron chi connectivity index (χ1n) is 8.66. The van der Waals surface area contributed by atoms with Crippen LogP contribution in [0, 0.1) is 0 Å². The summed E-state index contributed by atoms with van der Waals surface area (Å²) in [5.74, 6) is 0. The third-order valence-electron chi connectivity index (χ3n) is 4.76. The van der Waals surface area contributed by atoms with E-state index in [1.54, 1.807) is 0 Å². The molecule has 4 nitrogen and oxygen atoms in total. The van der Waals surface area contributed by atoms with Gasteiger partial charge in [-0.05, 0) is 42.3 Å². The molecule has 1 aliphatic rings. The van der Waals surface area contributed by atoms with E-state index in [1.807, 2.05) is 53.4 Å². The summed E-state index contributed by atoms with van der Waals surface area (Å²) in [6, 6.07) is 22.0. The van der Waals surface area contributed by atoms with Gasteiger partial charge in [0.1, 0.15) is 0 Å². The monoisotopic (exact) mass is 331 g/mol. The van der Waals surface area contributed by atoms with Crippen LogP contribution in [-0.4, -0.2) is 15.5 Å². The fourth-order valence-electron chi connectivity index (χ4n) is 3.58. The lowest BCUT2D eigenvalue weighted by molar-refractivity contribution is 0.181. The topological polar surface area (TPSA) is 37.3 Å². The van der Waals surface area contributed by atoms with Crippen LogP contribution in [0.5, 0.6) is 0 Å². The Labute approximate surface area is 147 Å². The lowest BCUT2D eigenvalue weighted by atomic mass is 10.1. The van der Waals surface area contributed by atoms with Crippen molar-refractivity contribution in [2.75, 3.05) is 5.32 Å². The van der Waals surface area contributed by atoms with Crippen LogP contribution >= 0.6 is 0 Å². The molecule has 1 atom stereocenters. The average molecular weight is 331 g/mol. The van der Waals surface area contributed by atoms with Gasteiger partial charge in [-0.15, -0.1) is 0 Å². The summed E-state index contributed by atoms with van der Waals surface area (Å²) in [7, 11) is 0. The van der Waals surface area contributed by atoms with Crippen molar-refractivity contribution in [2.45, 2.75) is 25.9 Å². The summed E-state index contributed by atoms with van der Waals surface area (Å²) in [6.07, 6.45) is 2.94. The van der Waals surface area contributed by atoms with E-state index in [9.17, 15) is 4.79 Å². The fraction of sp³-hybridized carbons (Fsp3) is 0.190. The van der Waals surface area contributed by atoms with Crippen LogP contribution in [0.3, 0.4) is 0 Å². The highest BCUT2D eigenvalue weighted by molar-refractivity contribution is 5.89. The minimum Gasteiger partial charge on any atom is -0.318 e. The number of urea groups is 1. The lowest BCUT2D eigenvalue weighted by Crippen LogP contribution is -2.37. The molecule has 3 aromatic rings. The Morgan fingerprint density at radius 2 is 1.80 bits per heavy atom. The quantitative estimate of drug-likeness (QED) is 0.707. The molecule has 0 saturated heterocycles. The van der Waals surface area contributed by atoms with E-state index in [0.717, 1.165) is 29.1 Å². The first-order chi connectivity index (χ1) is 12.3. The minimum absolute atomic E-state index is 0.0334. The van der Waals surface area contributed by atoms with E-state index >= 15 is 0 Å². The number of benzene rings is 2. The molecule has 1 aliphatic heterocycles. The number of amides is 2. The van der Waals surface area contributed by atoms with Gasteiger partial charge in [0.15, 0.2) is 0 Å². The van der Waals surface area contributed by atoms with Crippen LogP contribution in [0.1, 0.15) is 30.6 Å². The predicted molar refractivity (Wildman–Crippen MR) is 99.8 cm³/mol. The Balaban J connectivity index is 1.74. The molecule has 0 radical (unpaired) electrons. The Morgan fingerprint density at radius 3 is 2.60 bits per heavy atom. The molecular formula is C21H21N3O. The summed E-state index contributed by atoms with van der Waals surface area (Å²) < 4.78 is 2.21. The molecular weight excluding hydrogens is 310 g/mol. The van der Waals surface area contributed by atoms with Gasteiger partial charge in [0, 0.05) is 17.6 Å². The Kier molecular flexibility index (Phi) is 4.02. The zero-order valence-corrected chi connectivity index (χ0v) is 14.2. The highest BCUT2D eigenvalue weighted by atomic mass is 16.2. The molecule has 0 fully saturated rings. The number of para-hydroxylation sites is 2. The van der Waals surface area contributed by atoms with Crippen LogP contribution < -0.4 is 5.32 Å². The van der Waals surface area contributed by atoms with Gasteiger partial charge in [-0.3, -0.25) is 0 Å². The number of hydrogen-bond acceptors (Lipinski definition) is 1. The Hall–Kier alpha value is -3.01. The molecule has 0 bridgehead atoms. The zero-order chi connectivity index (χ0) is 17.2. The summed E-state index contributed by atoms with van der Waals surface area (Å²) in [6.45, 7) is 2.72. The number of hydrogen-bond donors (Lipinski definition) is 1. The second-order valence-corrected chi connectivity index (χ2v) is 6.28. The second-order valence-electron chi connectivity index (χ2n) is 6.28. The average Bonchev–Trinajstić information content (AvgIpc) is 3.07. The molecule has 4 rings (SSSR count). The van der Waals surface area contributed by atoms with Crippen molar-refractivity contribution in [1.29, 1.82) is 0 Å². The largest absolute Gasteiger partial charge is 0.322 e. The number of anilines is 1. The van der Waals surface area contributed by atoms with Gasteiger partial charge in [0.25, 0.3) is 0 Å². The van der Waals surface area contributed by atoms with Gasteiger partial charge >= 0.3 is 6.03 Å². The van der Waals surface area contributed by atoms with E-state index in [4.69, 9.17) is 0 Å². The number of carbonyl (C=O) groups excluding carboxylic acids is 1. The summed E-state index contributed by atoms with van der Waals surface area (Å²) >= 11 is 0. The first kappa shape index (κ1) is 15.5. The summed E-state index contributed by atoms with van der Waals surface area (Å²) in [5, 5.41) is 3.04. The summed E-state index contributed by atoms with van der Waals surface area (Å²) in [5.41, 5.74) is 4.26. The fourth-order valence-corrected chi connectivity index (χ4v) is 3.58. The minimum atomic E-state index is -0.0671. The van der Waals surface area contributed by atoms with Crippen LogP contribution in [0.25, 0.3) is 5.69 Å². The number of nitrogens with zero attached hydrogens (tertiary/aromatic N) is 2. The summed E-state index contributed by atoms with van der Waals surface area (Å²) in [4.78, 5) is 15.0. The predicted octanol–water partition coefficient (Wildman–Crippen LogP) is 4.98. The molecule has 0 unspecified atom stereocenters. The van der Waals surface area contributed by atoms with Crippen LogP contribution in [0.4, 0.5) is 10.5 Å². The van der Waals surface area contributed by atoms with Gasteiger partial charge < -0.3 is 14.8 Å². The number of fused-ring (bicyclic) bond motifs is 3. The number of carbonyl (C=O) groups is 1. The molecule has 1 aromatic heterocycles. The third-order valence-corrected chi connectivity index (χ3v) is 4.76. The van der Waals surface area contributed by atoms with Gasteiger partial charge in [-0.2, -0.15) is 0 Å². The van der Waals surface area contributed by atoms with Crippen LogP contribution in [-0.2, 0) is 6.54 Å². The number of aromatic nitrogens is 1. The first-order valence-corrected chi connectivity index (χ1v) is 8.66. The SMILES string of the molecule is CC[C@@H]1c2cccn2-c2ccccc2CN1C(=O)Nc1ccccc1. The van der Waals surface area contributed by atoms with Gasteiger partial charge in [0.2, 0.25) is 0 Å². The van der Waals surface area contributed by atoms with Crippen molar-refractivity contribution in [2.24, 2.45) is 0 Å². The highest BCUT2D eigenvalue weighted by Crippen LogP contribution is 2.34. The van der Waals surface area contributed by atoms with Crippen molar-refractivity contribution in [3.63, 3.8) is 0 Å². The van der Waals surface area contributed by atoms with Crippen LogP contribution in [0.15, 0.2) is 72.9 Å². The Morgan fingerprint density at radius 1 is 1.04 bits per heavy atom. The maximum absolute atomic E-state index is 13.0. The third kappa shape index (κ3) is 2.80. The molecule has 0 spiro atoms. The van der Waals surface area contributed by atoms with Gasteiger partial charge in [-0.25, -0.2) is 4.79 Å². The van der Waals surface area contributed by atoms with E-state index in [2.05, 4.69) is 41.2 Å². The number of rotatable bonds is 2. The van der Waals surface area contributed by atoms with E-state index < -0.39 is 0 Å². The molecule has 0 aliphatic carbocycles. The molecule has 4 heteroatoms. The Bertz CT molecular complexity index is 885. The molecule has 0 saturated carbocycles. The molecule has 2 heterocycles. The molecule has 25 heavy (non-hydrogen) atoms. The molecule has 1 N–H and O–H groups in total. The van der Waals surface area contributed by atoms with E-state index in [1.165, 1.54) is 0 Å². The molecule has 126 valence electrons. The van der Waals surface area contributed by atoms with Crippen molar-refractivity contribution in [1.82, 2.24) is 9.47 Å². The second kappa shape index (κ2) is 6.48. The van der Waals surface area contributed by atoms with Gasteiger partial charge in [0.05, 0.1) is 18.3 Å².